The van der Waals surface area contributed by atoms with E-state index in [1.165, 1.54) is 25.7 Å². The first-order valence-electron chi connectivity index (χ1n) is 15.8. The van der Waals surface area contributed by atoms with E-state index < -0.39 is 0 Å². The Morgan fingerprint density at radius 1 is 1.07 bits per heavy atom. The van der Waals surface area contributed by atoms with Crippen molar-refractivity contribution in [1.82, 2.24) is 36.2 Å². The van der Waals surface area contributed by atoms with Gasteiger partial charge in [0.15, 0.2) is 5.78 Å². The van der Waals surface area contributed by atoms with Crippen LogP contribution in [0.2, 0.25) is 0 Å². The van der Waals surface area contributed by atoms with Gasteiger partial charge in [-0.1, -0.05) is 0 Å². The van der Waals surface area contributed by atoms with Gasteiger partial charge >= 0.3 is 0 Å². The molecule has 0 amide bonds. The minimum Gasteiger partial charge on any atom is -0.379 e. The maximum atomic E-state index is 13.1. The third kappa shape index (κ3) is 6.14. The first-order valence-corrected chi connectivity index (χ1v) is 16.9. The zero-order valence-electron chi connectivity index (χ0n) is 24.0. The van der Waals surface area contributed by atoms with Crippen LogP contribution in [0.5, 0.6) is 0 Å². The van der Waals surface area contributed by atoms with Gasteiger partial charge in [-0.3, -0.25) is 36.0 Å². The number of morpholine rings is 1. The number of nitrogens with one attached hydrogen (secondary N) is 4. The highest BCUT2D eigenvalue weighted by molar-refractivity contribution is 8.01. The molecule has 226 valence electrons. The average molecular weight is 580 g/mol. The van der Waals surface area contributed by atoms with Crippen molar-refractivity contribution >= 4 is 17.5 Å². The van der Waals surface area contributed by atoms with Crippen molar-refractivity contribution in [3.8, 4) is 0 Å². The van der Waals surface area contributed by atoms with Crippen LogP contribution in [0.15, 0.2) is 0 Å². The van der Waals surface area contributed by atoms with E-state index in [-0.39, 0.29) is 23.9 Å². The molecule has 0 aromatic carbocycles. The van der Waals surface area contributed by atoms with Crippen LogP contribution in [0.25, 0.3) is 0 Å². The van der Waals surface area contributed by atoms with Crippen molar-refractivity contribution in [2.24, 2.45) is 17.8 Å². The summed E-state index contributed by atoms with van der Waals surface area (Å²) in [6.45, 7) is 10.3. The molecule has 4 N–H and O–H groups in total. The van der Waals surface area contributed by atoms with E-state index in [9.17, 15) is 4.79 Å². The molecule has 12 heteroatoms. The molecule has 0 spiro atoms. The molecule has 1 saturated carbocycles. The predicted molar refractivity (Wildman–Crippen MR) is 153 cm³/mol. The summed E-state index contributed by atoms with van der Waals surface area (Å²) < 4.78 is 17.6. The lowest BCUT2D eigenvalue weighted by Crippen LogP contribution is -2.67. The Labute approximate surface area is 243 Å². The number of ketones is 1. The van der Waals surface area contributed by atoms with E-state index in [1.807, 2.05) is 11.8 Å². The molecule has 7 fully saturated rings. The molecule has 7 aliphatic rings. The number of hydrogen-bond acceptors (Lipinski definition) is 12. The Morgan fingerprint density at radius 3 is 2.67 bits per heavy atom. The van der Waals surface area contributed by atoms with E-state index in [4.69, 9.17) is 14.2 Å². The van der Waals surface area contributed by atoms with Crippen molar-refractivity contribution in [3.63, 3.8) is 0 Å². The predicted octanol–water partition coefficient (Wildman–Crippen LogP) is 0.147. The molecule has 6 saturated heterocycles. The van der Waals surface area contributed by atoms with Crippen molar-refractivity contribution < 1.29 is 19.0 Å². The Morgan fingerprint density at radius 2 is 1.90 bits per heavy atom. The summed E-state index contributed by atoms with van der Waals surface area (Å²) in [7, 11) is 0. The van der Waals surface area contributed by atoms with Gasteiger partial charge < -0.3 is 14.2 Å². The van der Waals surface area contributed by atoms with E-state index in [0.29, 0.717) is 48.2 Å². The number of hydrogen-bond donors (Lipinski definition) is 4. The molecule has 0 aromatic heterocycles. The van der Waals surface area contributed by atoms with Gasteiger partial charge in [-0.25, -0.2) is 5.01 Å². The minimum atomic E-state index is -0.0543. The van der Waals surface area contributed by atoms with E-state index in [2.05, 4.69) is 43.1 Å². The van der Waals surface area contributed by atoms with Gasteiger partial charge in [0, 0.05) is 57.1 Å². The summed E-state index contributed by atoms with van der Waals surface area (Å²) in [4.78, 5) is 17.8. The molecule has 11 nitrogen and oxygen atoms in total. The van der Waals surface area contributed by atoms with Crippen LogP contribution in [0.3, 0.4) is 0 Å². The molecule has 0 radical (unpaired) electrons. The molecule has 7 rings (SSSR count). The van der Waals surface area contributed by atoms with Crippen LogP contribution in [-0.4, -0.2) is 128 Å². The fourth-order valence-electron chi connectivity index (χ4n) is 8.00. The topological polar surface area (TPSA) is 103 Å². The first-order chi connectivity index (χ1) is 19.6. The van der Waals surface area contributed by atoms with Gasteiger partial charge in [-0.05, 0) is 56.6 Å². The Bertz CT molecular complexity index is 872. The highest BCUT2D eigenvalue weighted by atomic mass is 32.2. The van der Waals surface area contributed by atoms with Crippen molar-refractivity contribution in [3.05, 3.63) is 0 Å². The van der Waals surface area contributed by atoms with Crippen molar-refractivity contribution in [2.45, 2.75) is 87.6 Å². The fraction of sp³-hybridized carbons (Fsp3) is 0.964. The Hall–Kier alpha value is -0.380. The maximum Gasteiger partial charge on any atom is 0.152 e. The van der Waals surface area contributed by atoms with Crippen molar-refractivity contribution in [2.75, 3.05) is 65.2 Å². The second kappa shape index (κ2) is 12.7. The van der Waals surface area contributed by atoms with Crippen LogP contribution >= 0.6 is 11.8 Å². The van der Waals surface area contributed by atoms with Gasteiger partial charge in [0.1, 0.15) is 26.0 Å². The third-order valence-electron chi connectivity index (χ3n) is 10.5. The van der Waals surface area contributed by atoms with Gasteiger partial charge in [-0.2, -0.15) is 0 Å². The average Bonchev–Trinajstić information content (AvgIpc) is 3.56. The number of ether oxygens (including phenoxy) is 3. The number of carbonyl (C=O) groups excluding carboxylic acids is 1. The molecule has 6 heterocycles. The lowest BCUT2D eigenvalue weighted by molar-refractivity contribution is -0.170. The highest BCUT2D eigenvalue weighted by Crippen LogP contribution is 2.46. The molecular formula is C28H49N7O4S. The number of rotatable bonds is 7. The van der Waals surface area contributed by atoms with Crippen LogP contribution < -0.4 is 21.4 Å². The molecular weight excluding hydrogens is 530 g/mol. The summed E-state index contributed by atoms with van der Waals surface area (Å²) in [6.07, 6.45) is 6.95. The SMILES string of the molecule is CC1NN(C2CCNC(NC3CCC(C4CSC5C(=O)CC(N6CCOCC6)OC54)CC3)N2)CC1CN1COC1. The number of thioether (sulfide) groups is 1. The summed E-state index contributed by atoms with van der Waals surface area (Å²) in [5, 5.41) is 13.9. The Kier molecular flexibility index (Phi) is 9.01. The lowest BCUT2D eigenvalue weighted by atomic mass is 9.75. The molecule has 0 aromatic rings. The molecule has 8 unspecified atom stereocenters. The van der Waals surface area contributed by atoms with Crippen LogP contribution in [0, 0.1) is 17.8 Å². The van der Waals surface area contributed by atoms with Gasteiger partial charge in [0.2, 0.25) is 0 Å². The molecule has 40 heavy (non-hydrogen) atoms. The number of fused-ring (bicyclic) bond motifs is 1. The minimum absolute atomic E-state index is 0.0477. The molecule has 0 bridgehead atoms. The van der Waals surface area contributed by atoms with E-state index in [1.54, 1.807) is 0 Å². The van der Waals surface area contributed by atoms with Gasteiger partial charge in [-0.15, -0.1) is 11.8 Å². The normalized spacial score (nSPS) is 45.9. The second-order valence-electron chi connectivity index (χ2n) is 13.1. The summed E-state index contributed by atoms with van der Waals surface area (Å²) >= 11 is 1.86. The molecule has 6 aliphatic heterocycles. The highest BCUT2D eigenvalue weighted by Gasteiger charge is 2.50. The molecule has 1 aliphatic carbocycles. The standard InChI is InChI=1S/C28H49N7O4S/c1-18-20(13-33-16-38-17-33)14-35(32-18)24-6-7-29-28(31-24)30-21-4-2-19(3-5-21)22-15-40-27-23(36)12-25(39-26(22)27)34-8-10-37-11-9-34/h18-22,24-32H,2-17H2,1H3. The monoisotopic (exact) mass is 579 g/mol. The van der Waals surface area contributed by atoms with Crippen molar-refractivity contribution in [1.29, 1.82) is 0 Å². The van der Waals surface area contributed by atoms with Crippen LogP contribution in [0.4, 0.5) is 0 Å². The zero-order valence-corrected chi connectivity index (χ0v) is 24.8. The second-order valence-corrected chi connectivity index (χ2v) is 14.2. The van der Waals surface area contributed by atoms with E-state index >= 15 is 0 Å². The summed E-state index contributed by atoms with van der Waals surface area (Å²) in [5.41, 5.74) is 3.74. The number of hydrazine groups is 1. The smallest absolute Gasteiger partial charge is 0.152 e. The maximum absolute atomic E-state index is 13.1. The lowest BCUT2D eigenvalue weighted by Gasteiger charge is -2.43. The van der Waals surface area contributed by atoms with Gasteiger partial charge in [0.25, 0.3) is 0 Å². The Balaban J connectivity index is 0.878. The quantitative estimate of drug-likeness (QED) is 0.330. The molecule has 8 atom stereocenters. The fourth-order valence-corrected chi connectivity index (χ4v) is 9.63. The first kappa shape index (κ1) is 28.4. The van der Waals surface area contributed by atoms with Gasteiger partial charge in [0.05, 0.1) is 30.7 Å². The number of nitrogens with zero attached hydrogens (tertiary/aromatic N) is 3. The largest absolute Gasteiger partial charge is 0.379 e. The van der Waals surface area contributed by atoms with E-state index in [0.717, 1.165) is 71.6 Å². The zero-order chi connectivity index (χ0) is 27.1. The summed E-state index contributed by atoms with van der Waals surface area (Å²) in [5.74, 6) is 3.25. The number of Topliss-reactive ketones (excluding diaryl/α,β-unsaturated/α-hetero) is 1. The third-order valence-corrected chi connectivity index (χ3v) is 11.9. The summed E-state index contributed by atoms with van der Waals surface area (Å²) in [6, 6.07) is 1.00. The number of carbonyl (C=O) groups is 1. The van der Waals surface area contributed by atoms with Crippen LogP contribution in [-0.2, 0) is 19.0 Å². The van der Waals surface area contributed by atoms with Crippen LogP contribution in [0.1, 0.15) is 45.4 Å².